The van der Waals surface area contributed by atoms with Crippen molar-refractivity contribution in [2.45, 2.75) is 32.9 Å². The lowest BCUT2D eigenvalue weighted by Crippen LogP contribution is -2.30. The molecule has 3 heteroatoms. The molecule has 0 saturated carbocycles. The van der Waals surface area contributed by atoms with Crippen LogP contribution >= 0.6 is 0 Å². The van der Waals surface area contributed by atoms with E-state index in [0.717, 1.165) is 19.6 Å². The fourth-order valence-corrected chi connectivity index (χ4v) is 2.35. The van der Waals surface area contributed by atoms with Crippen molar-refractivity contribution in [3.05, 3.63) is 35.9 Å². The zero-order chi connectivity index (χ0) is 13.0. The van der Waals surface area contributed by atoms with Crippen molar-refractivity contribution in [2.24, 2.45) is 5.92 Å². The van der Waals surface area contributed by atoms with Gasteiger partial charge in [-0.1, -0.05) is 44.2 Å². The van der Waals surface area contributed by atoms with E-state index >= 15 is 0 Å². The van der Waals surface area contributed by atoms with E-state index in [1.807, 2.05) is 23.1 Å². The number of carbonyl (C=O) groups is 1. The molecule has 0 bridgehead atoms. The van der Waals surface area contributed by atoms with Crippen LogP contribution in [0.25, 0.3) is 0 Å². The molecule has 1 aliphatic heterocycles. The number of rotatable bonds is 5. The van der Waals surface area contributed by atoms with Crippen LogP contribution in [0.5, 0.6) is 0 Å². The fraction of sp³-hybridized carbons (Fsp3) is 0.533. The highest BCUT2D eigenvalue weighted by atomic mass is 16.2. The van der Waals surface area contributed by atoms with Crippen molar-refractivity contribution < 1.29 is 4.79 Å². The van der Waals surface area contributed by atoms with Crippen LogP contribution in [-0.2, 0) is 11.3 Å². The summed E-state index contributed by atoms with van der Waals surface area (Å²) in [5.74, 6) is 0.748. The molecule has 1 amide bonds. The second-order valence-corrected chi connectivity index (χ2v) is 5.39. The maximum absolute atomic E-state index is 11.9. The summed E-state index contributed by atoms with van der Waals surface area (Å²) >= 11 is 0. The molecule has 1 heterocycles. The highest BCUT2D eigenvalue weighted by Crippen LogP contribution is 2.19. The minimum Gasteiger partial charge on any atom is -0.338 e. The van der Waals surface area contributed by atoms with Gasteiger partial charge in [0.15, 0.2) is 0 Å². The molecule has 1 aliphatic rings. The maximum atomic E-state index is 11.9. The summed E-state index contributed by atoms with van der Waals surface area (Å²) in [4.78, 5) is 13.9. The predicted molar refractivity (Wildman–Crippen MR) is 73.1 cm³/mol. The van der Waals surface area contributed by atoms with E-state index in [1.165, 1.54) is 5.56 Å². The molecule has 0 aliphatic carbocycles. The molecule has 0 aromatic heterocycles. The standard InChI is InChI=1S/C15H22N2O/c1-12(2)16-9-14-8-15(18)17(11-14)10-13-6-4-3-5-7-13/h3-7,12,14,16H,8-11H2,1-2H3. The Hall–Kier alpha value is -1.35. The van der Waals surface area contributed by atoms with Gasteiger partial charge in [-0.25, -0.2) is 0 Å². The van der Waals surface area contributed by atoms with E-state index in [-0.39, 0.29) is 5.91 Å². The summed E-state index contributed by atoms with van der Waals surface area (Å²) in [7, 11) is 0. The quantitative estimate of drug-likeness (QED) is 0.862. The minimum absolute atomic E-state index is 0.286. The summed E-state index contributed by atoms with van der Waals surface area (Å²) < 4.78 is 0. The van der Waals surface area contributed by atoms with E-state index < -0.39 is 0 Å². The summed E-state index contributed by atoms with van der Waals surface area (Å²) in [5.41, 5.74) is 1.21. The first-order valence-electron chi connectivity index (χ1n) is 6.70. The number of nitrogens with one attached hydrogen (secondary N) is 1. The molecule has 1 aromatic rings. The van der Waals surface area contributed by atoms with Crippen molar-refractivity contribution >= 4 is 5.91 Å². The van der Waals surface area contributed by atoms with Gasteiger partial charge in [0.2, 0.25) is 5.91 Å². The Balaban J connectivity index is 1.86. The number of likely N-dealkylation sites (tertiary alicyclic amines) is 1. The third kappa shape index (κ3) is 3.57. The first-order valence-corrected chi connectivity index (χ1v) is 6.70. The molecular weight excluding hydrogens is 224 g/mol. The Bertz CT molecular complexity index is 389. The molecule has 1 fully saturated rings. The van der Waals surface area contributed by atoms with E-state index in [0.29, 0.717) is 18.4 Å². The molecule has 1 saturated heterocycles. The summed E-state index contributed by atoms with van der Waals surface area (Å²) in [6.45, 7) is 6.84. The lowest BCUT2D eigenvalue weighted by atomic mass is 10.1. The molecule has 3 nitrogen and oxygen atoms in total. The van der Waals surface area contributed by atoms with Crippen molar-refractivity contribution in [1.82, 2.24) is 10.2 Å². The van der Waals surface area contributed by atoms with Crippen LogP contribution in [-0.4, -0.2) is 29.9 Å². The molecule has 1 aromatic carbocycles. The van der Waals surface area contributed by atoms with Gasteiger partial charge in [0.25, 0.3) is 0 Å². The van der Waals surface area contributed by atoms with E-state index in [9.17, 15) is 4.79 Å². The number of hydrogen-bond donors (Lipinski definition) is 1. The van der Waals surface area contributed by atoms with Crippen molar-refractivity contribution in [3.63, 3.8) is 0 Å². The van der Waals surface area contributed by atoms with Gasteiger partial charge < -0.3 is 10.2 Å². The SMILES string of the molecule is CC(C)NCC1CC(=O)N(Cc2ccccc2)C1. The Labute approximate surface area is 109 Å². The second-order valence-electron chi connectivity index (χ2n) is 5.39. The van der Waals surface area contributed by atoms with Gasteiger partial charge in [-0.2, -0.15) is 0 Å². The third-order valence-corrected chi connectivity index (χ3v) is 3.33. The van der Waals surface area contributed by atoms with E-state index in [4.69, 9.17) is 0 Å². The lowest BCUT2D eigenvalue weighted by Gasteiger charge is -2.17. The van der Waals surface area contributed by atoms with Gasteiger partial charge >= 0.3 is 0 Å². The first kappa shape index (κ1) is 13.1. The van der Waals surface area contributed by atoms with Crippen LogP contribution in [0, 0.1) is 5.92 Å². The fourth-order valence-electron chi connectivity index (χ4n) is 2.35. The number of hydrogen-bond acceptors (Lipinski definition) is 2. The van der Waals surface area contributed by atoms with E-state index in [2.05, 4.69) is 31.3 Å². The Morgan fingerprint density at radius 3 is 2.72 bits per heavy atom. The normalized spacial score (nSPS) is 19.8. The molecular formula is C15H22N2O. The largest absolute Gasteiger partial charge is 0.338 e. The summed E-state index contributed by atoms with van der Waals surface area (Å²) in [6.07, 6.45) is 0.687. The van der Waals surface area contributed by atoms with Crippen LogP contribution in [0.3, 0.4) is 0 Å². The van der Waals surface area contributed by atoms with Gasteiger partial charge in [0.1, 0.15) is 0 Å². The molecule has 18 heavy (non-hydrogen) atoms. The Morgan fingerprint density at radius 1 is 1.33 bits per heavy atom. The van der Waals surface area contributed by atoms with Crippen LogP contribution < -0.4 is 5.32 Å². The highest BCUT2D eigenvalue weighted by molar-refractivity contribution is 5.78. The lowest BCUT2D eigenvalue weighted by molar-refractivity contribution is -0.128. The number of amides is 1. The van der Waals surface area contributed by atoms with Gasteiger partial charge in [0.05, 0.1) is 0 Å². The van der Waals surface area contributed by atoms with Crippen LogP contribution in [0.15, 0.2) is 30.3 Å². The third-order valence-electron chi connectivity index (χ3n) is 3.33. The van der Waals surface area contributed by atoms with Crippen molar-refractivity contribution in [3.8, 4) is 0 Å². The minimum atomic E-state index is 0.286. The predicted octanol–water partition coefficient (Wildman–Crippen LogP) is 2.03. The number of benzene rings is 1. The Morgan fingerprint density at radius 2 is 2.06 bits per heavy atom. The smallest absolute Gasteiger partial charge is 0.223 e. The molecule has 2 rings (SSSR count). The molecule has 98 valence electrons. The average molecular weight is 246 g/mol. The zero-order valence-electron chi connectivity index (χ0n) is 11.2. The summed E-state index contributed by atoms with van der Waals surface area (Å²) in [5, 5.41) is 3.41. The van der Waals surface area contributed by atoms with E-state index in [1.54, 1.807) is 0 Å². The maximum Gasteiger partial charge on any atom is 0.223 e. The summed E-state index contributed by atoms with van der Waals surface area (Å²) in [6, 6.07) is 10.7. The van der Waals surface area contributed by atoms with Gasteiger partial charge in [0, 0.05) is 32.1 Å². The number of carbonyl (C=O) groups excluding carboxylic acids is 1. The van der Waals surface area contributed by atoms with Crippen LogP contribution in [0.4, 0.5) is 0 Å². The molecule has 1 atom stereocenters. The second kappa shape index (κ2) is 6.01. The van der Waals surface area contributed by atoms with Crippen molar-refractivity contribution in [1.29, 1.82) is 0 Å². The molecule has 1 N–H and O–H groups in total. The Kier molecular flexibility index (Phi) is 4.37. The van der Waals surface area contributed by atoms with Gasteiger partial charge in [-0.05, 0) is 11.5 Å². The van der Waals surface area contributed by atoms with Gasteiger partial charge in [-0.3, -0.25) is 4.79 Å². The van der Waals surface area contributed by atoms with Crippen molar-refractivity contribution in [2.75, 3.05) is 13.1 Å². The molecule has 0 spiro atoms. The highest BCUT2D eigenvalue weighted by Gasteiger charge is 2.29. The van der Waals surface area contributed by atoms with Gasteiger partial charge in [-0.15, -0.1) is 0 Å². The zero-order valence-corrected chi connectivity index (χ0v) is 11.2. The molecule has 0 radical (unpaired) electrons. The topological polar surface area (TPSA) is 32.3 Å². The first-order chi connectivity index (χ1) is 8.65. The van der Waals surface area contributed by atoms with Crippen LogP contribution in [0.1, 0.15) is 25.8 Å². The average Bonchev–Trinajstić information content (AvgIpc) is 2.69. The van der Waals surface area contributed by atoms with Crippen LogP contribution in [0.2, 0.25) is 0 Å². The number of nitrogens with zero attached hydrogens (tertiary/aromatic N) is 1. The molecule has 1 unspecified atom stereocenters. The monoisotopic (exact) mass is 246 g/mol.